The molecule has 0 spiro atoms. The Balaban J connectivity index is 2.59. The molecule has 0 bridgehead atoms. The summed E-state index contributed by atoms with van der Waals surface area (Å²) in [4.78, 5) is 4.11. The molecule has 0 atom stereocenters. The molecule has 9 heavy (non-hydrogen) atoms. The van der Waals surface area contributed by atoms with Crippen molar-refractivity contribution in [3.8, 4) is 0 Å². The minimum atomic E-state index is 0.594. The van der Waals surface area contributed by atoms with Crippen LogP contribution >= 0.6 is 15.9 Å². The fourth-order valence-corrected chi connectivity index (χ4v) is 1.01. The lowest BCUT2D eigenvalue weighted by Crippen LogP contribution is -2.14. The van der Waals surface area contributed by atoms with Crippen LogP contribution in [0.4, 0.5) is 0 Å². The second-order valence-electron chi connectivity index (χ2n) is 1.98. The molecule has 0 aromatic rings. The maximum atomic E-state index is 5.37. The van der Waals surface area contributed by atoms with Crippen LogP contribution in [0, 0.1) is 0 Å². The maximum absolute atomic E-state index is 5.37. The Hall–Kier alpha value is -0.150. The first kappa shape index (κ1) is 6.96. The number of rotatable bonds is 1. The number of hydrogen-bond acceptors (Lipinski definition) is 2. The number of halogens is 1. The summed E-state index contributed by atoms with van der Waals surface area (Å²) in [5, 5.41) is 0. The molecule has 0 aliphatic carbocycles. The molecule has 50 valence electrons. The van der Waals surface area contributed by atoms with E-state index < -0.39 is 0 Å². The largest absolute Gasteiger partial charge is 0.325 e. The number of hydrogen-bond donors (Lipinski definition) is 1. The Morgan fingerprint density at radius 1 is 1.67 bits per heavy atom. The molecule has 0 amide bonds. The monoisotopic (exact) mass is 188 g/mol. The van der Waals surface area contributed by atoms with Gasteiger partial charge < -0.3 is 5.73 Å². The van der Waals surface area contributed by atoms with Gasteiger partial charge in [-0.1, -0.05) is 15.9 Å². The molecule has 0 unspecified atom stereocenters. The zero-order chi connectivity index (χ0) is 6.69. The van der Waals surface area contributed by atoms with Crippen molar-refractivity contribution in [1.29, 1.82) is 0 Å². The fraction of sp³-hybridized carbons (Fsp3) is 0.500. The van der Waals surface area contributed by atoms with Crippen molar-refractivity contribution in [3.05, 3.63) is 10.7 Å². The highest BCUT2D eigenvalue weighted by atomic mass is 79.9. The summed E-state index contributed by atoms with van der Waals surface area (Å²) in [6.07, 6.45) is 3.88. The first-order valence-corrected chi connectivity index (χ1v) is 3.72. The lowest BCUT2D eigenvalue weighted by atomic mass is 10.2. The maximum Gasteiger partial charge on any atom is 0.0369 e. The molecule has 0 radical (unpaired) electrons. The van der Waals surface area contributed by atoms with Crippen molar-refractivity contribution >= 4 is 21.6 Å². The fourth-order valence-electron chi connectivity index (χ4n) is 0.709. The Morgan fingerprint density at radius 3 is 2.89 bits per heavy atom. The van der Waals surface area contributed by atoms with E-state index in [1.54, 1.807) is 0 Å². The van der Waals surface area contributed by atoms with E-state index in [2.05, 4.69) is 20.9 Å². The summed E-state index contributed by atoms with van der Waals surface area (Å²) < 4.78 is 1.17. The molecule has 0 aromatic carbocycles. The lowest BCUT2D eigenvalue weighted by Gasteiger charge is -2.06. The van der Waals surface area contributed by atoms with E-state index >= 15 is 0 Å². The van der Waals surface area contributed by atoms with Gasteiger partial charge in [0.05, 0.1) is 0 Å². The van der Waals surface area contributed by atoms with E-state index in [-0.39, 0.29) is 0 Å². The standard InChI is InChI=1S/C6H9BrN2/c7-5-1-2-6(3-8)9-4-5/h4H,1-3,8H2. The second kappa shape index (κ2) is 3.13. The van der Waals surface area contributed by atoms with E-state index in [1.165, 1.54) is 4.48 Å². The number of allylic oxidation sites excluding steroid dienone is 1. The van der Waals surface area contributed by atoms with Crippen LogP contribution in [0.2, 0.25) is 0 Å². The van der Waals surface area contributed by atoms with Crippen molar-refractivity contribution in [1.82, 2.24) is 0 Å². The summed E-state index contributed by atoms with van der Waals surface area (Å²) in [6.45, 7) is 0.594. The van der Waals surface area contributed by atoms with Crippen LogP contribution in [-0.4, -0.2) is 12.3 Å². The van der Waals surface area contributed by atoms with E-state index in [0.717, 1.165) is 18.6 Å². The highest BCUT2D eigenvalue weighted by Gasteiger charge is 2.02. The highest BCUT2D eigenvalue weighted by Crippen LogP contribution is 2.17. The van der Waals surface area contributed by atoms with E-state index in [9.17, 15) is 0 Å². The molecule has 1 heterocycles. The molecule has 1 aliphatic heterocycles. The Bertz CT molecular complexity index is 160. The topological polar surface area (TPSA) is 38.4 Å². The third-order valence-corrected chi connectivity index (χ3v) is 1.88. The molecule has 2 N–H and O–H groups in total. The van der Waals surface area contributed by atoms with Crippen molar-refractivity contribution in [3.63, 3.8) is 0 Å². The Kier molecular flexibility index (Phi) is 2.42. The molecule has 2 nitrogen and oxygen atoms in total. The van der Waals surface area contributed by atoms with Gasteiger partial charge in [0.15, 0.2) is 0 Å². The lowest BCUT2D eigenvalue weighted by molar-refractivity contribution is 1.02. The van der Waals surface area contributed by atoms with Crippen LogP contribution in [0.25, 0.3) is 0 Å². The summed E-state index contributed by atoms with van der Waals surface area (Å²) in [5.74, 6) is 0. The number of nitrogens with two attached hydrogens (primary N) is 1. The molecule has 0 fully saturated rings. The molecule has 0 aromatic heterocycles. The van der Waals surface area contributed by atoms with Crippen LogP contribution in [0.1, 0.15) is 12.8 Å². The van der Waals surface area contributed by atoms with Crippen molar-refractivity contribution in [2.75, 3.05) is 6.54 Å². The average Bonchev–Trinajstić information content (AvgIpc) is 1.90. The first-order valence-electron chi connectivity index (χ1n) is 2.93. The van der Waals surface area contributed by atoms with Crippen molar-refractivity contribution < 1.29 is 0 Å². The molecule has 1 aliphatic rings. The van der Waals surface area contributed by atoms with Gasteiger partial charge in [-0.2, -0.15) is 0 Å². The normalized spacial score (nSPS) is 18.9. The summed E-state index contributed by atoms with van der Waals surface area (Å²) in [7, 11) is 0. The van der Waals surface area contributed by atoms with Gasteiger partial charge in [0.2, 0.25) is 0 Å². The molecule has 1 rings (SSSR count). The zero-order valence-electron chi connectivity index (χ0n) is 5.10. The quantitative estimate of drug-likeness (QED) is 0.665. The van der Waals surface area contributed by atoms with Gasteiger partial charge >= 0.3 is 0 Å². The minimum absolute atomic E-state index is 0.594. The first-order chi connectivity index (χ1) is 4.33. The van der Waals surface area contributed by atoms with Gasteiger partial charge in [-0.05, 0) is 12.8 Å². The predicted octanol–water partition coefficient (Wildman–Crippen LogP) is 1.42. The van der Waals surface area contributed by atoms with Crippen molar-refractivity contribution in [2.24, 2.45) is 10.7 Å². The van der Waals surface area contributed by atoms with Gasteiger partial charge in [-0.15, -0.1) is 0 Å². The van der Waals surface area contributed by atoms with E-state index in [1.807, 2.05) is 6.20 Å². The van der Waals surface area contributed by atoms with Gasteiger partial charge in [-0.25, -0.2) is 0 Å². The van der Waals surface area contributed by atoms with E-state index in [0.29, 0.717) is 6.54 Å². The molecule has 0 saturated heterocycles. The van der Waals surface area contributed by atoms with Crippen LogP contribution in [0.3, 0.4) is 0 Å². The van der Waals surface area contributed by atoms with Gasteiger partial charge in [0, 0.05) is 22.9 Å². The van der Waals surface area contributed by atoms with Crippen LogP contribution in [-0.2, 0) is 0 Å². The highest BCUT2D eigenvalue weighted by molar-refractivity contribution is 9.11. The molecule has 0 saturated carbocycles. The Labute approximate surface area is 63.0 Å². The SMILES string of the molecule is NCC1=NC=C(Br)CC1. The third-order valence-electron chi connectivity index (χ3n) is 1.28. The smallest absolute Gasteiger partial charge is 0.0369 e. The average molecular weight is 189 g/mol. The Morgan fingerprint density at radius 2 is 2.44 bits per heavy atom. The predicted molar refractivity (Wildman–Crippen MR) is 42.7 cm³/mol. The van der Waals surface area contributed by atoms with Crippen molar-refractivity contribution in [2.45, 2.75) is 12.8 Å². The van der Waals surface area contributed by atoms with Gasteiger partial charge in [0.25, 0.3) is 0 Å². The molecule has 3 heteroatoms. The van der Waals surface area contributed by atoms with Gasteiger partial charge in [-0.3, -0.25) is 4.99 Å². The number of nitrogens with zero attached hydrogens (tertiary/aromatic N) is 1. The van der Waals surface area contributed by atoms with Crippen LogP contribution in [0.15, 0.2) is 15.7 Å². The van der Waals surface area contributed by atoms with Crippen LogP contribution in [0.5, 0.6) is 0 Å². The third kappa shape index (κ3) is 1.91. The zero-order valence-corrected chi connectivity index (χ0v) is 6.69. The minimum Gasteiger partial charge on any atom is -0.325 e. The summed E-state index contributed by atoms with van der Waals surface area (Å²) in [6, 6.07) is 0. The summed E-state index contributed by atoms with van der Waals surface area (Å²) >= 11 is 3.36. The summed E-state index contributed by atoms with van der Waals surface area (Å²) in [5.41, 5.74) is 6.47. The van der Waals surface area contributed by atoms with Gasteiger partial charge in [0.1, 0.15) is 0 Å². The van der Waals surface area contributed by atoms with Crippen LogP contribution < -0.4 is 5.73 Å². The van der Waals surface area contributed by atoms with E-state index in [4.69, 9.17) is 5.73 Å². The number of aliphatic imine (C=N–C) groups is 1. The molecular formula is C6H9BrN2. The molecular weight excluding hydrogens is 180 g/mol. The second-order valence-corrected chi connectivity index (χ2v) is 2.99.